The number of likely N-dealkylation sites (N-methyl/N-ethyl adjacent to an activating group) is 1. The Morgan fingerprint density at radius 1 is 1.09 bits per heavy atom. The summed E-state index contributed by atoms with van der Waals surface area (Å²) < 4.78 is 10.4. The molecule has 23 heavy (non-hydrogen) atoms. The molecular formula is C18H22N2O3. The van der Waals surface area contributed by atoms with Crippen molar-refractivity contribution in [1.29, 1.82) is 0 Å². The van der Waals surface area contributed by atoms with Crippen LogP contribution in [-0.4, -0.2) is 44.9 Å². The van der Waals surface area contributed by atoms with E-state index in [9.17, 15) is 4.79 Å². The largest absolute Gasteiger partial charge is 0.355 e. The lowest BCUT2D eigenvalue weighted by molar-refractivity contribution is -0.0944. The number of anilines is 1. The third-order valence-electron chi connectivity index (χ3n) is 3.71. The highest BCUT2D eigenvalue weighted by molar-refractivity contribution is 5.94. The minimum absolute atomic E-state index is 0.0671. The molecule has 1 aromatic heterocycles. The summed E-state index contributed by atoms with van der Waals surface area (Å²) in [5.74, 6) is 0.908. The quantitative estimate of drug-likeness (QED) is 0.581. The van der Waals surface area contributed by atoms with E-state index >= 15 is 0 Å². The number of carbonyl (C=O) groups is 1. The number of nitrogens with zero attached hydrogens (tertiary/aromatic N) is 2. The van der Waals surface area contributed by atoms with Gasteiger partial charge in [0.15, 0.2) is 12.1 Å². The van der Waals surface area contributed by atoms with Gasteiger partial charge in [-0.2, -0.15) is 0 Å². The van der Waals surface area contributed by atoms with E-state index in [0.29, 0.717) is 12.1 Å². The molecule has 0 radical (unpaired) electrons. The molecule has 0 saturated carbocycles. The van der Waals surface area contributed by atoms with Gasteiger partial charge >= 0.3 is 0 Å². The Balaban J connectivity index is 2.11. The van der Waals surface area contributed by atoms with Crippen molar-refractivity contribution in [2.45, 2.75) is 13.2 Å². The van der Waals surface area contributed by atoms with Crippen molar-refractivity contribution in [2.24, 2.45) is 0 Å². The van der Waals surface area contributed by atoms with Gasteiger partial charge in [-0.05, 0) is 24.6 Å². The highest BCUT2D eigenvalue weighted by atomic mass is 16.7. The lowest BCUT2D eigenvalue weighted by Crippen LogP contribution is -2.32. The number of carbonyl (C=O) groups excluding carboxylic acids is 1. The maximum atomic E-state index is 11.3. The molecule has 0 aliphatic heterocycles. The molecule has 1 heterocycles. The topological polar surface area (TPSA) is 51.7 Å². The molecule has 0 aliphatic carbocycles. The zero-order valence-corrected chi connectivity index (χ0v) is 13.9. The predicted molar refractivity (Wildman–Crippen MR) is 90.8 cm³/mol. The number of hydrogen-bond acceptors (Lipinski definition) is 5. The Labute approximate surface area is 136 Å². The Morgan fingerprint density at radius 3 is 2.17 bits per heavy atom. The molecule has 2 rings (SSSR count). The van der Waals surface area contributed by atoms with Crippen LogP contribution >= 0.6 is 0 Å². The molecule has 0 bridgehead atoms. The van der Waals surface area contributed by atoms with Crippen molar-refractivity contribution < 1.29 is 14.3 Å². The van der Waals surface area contributed by atoms with E-state index in [-0.39, 0.29) is 12.1 Å². The van der Waals surface area contributed by atoms with E-state index in [1.54, 1.807) is 21.1 Å². The van der Waals surface area contributed by atoms with Crippen molar-refractivity contribution in [1.82, 2.24) is 4.98 Å². The summed E-state index contributed by atoms with van der Waals surface area (Å²) in [7, 11) is 5.17. The average molecular weight is 314 g/mol. The smallest absolute Gasteiger partial charge is 0.174 e. The fourth-order valence-electron chi connectivity index (χ4n) is 2.24. The first-order chi connectivity index (χ1) is 11.0. The molecule has 0 amide bonds. The average Bonchev–Trinajstić information content (AvgIpc) is 2.59. The van der Waals surface area contributed by atoms with Crippen LogP contribution in [0.3, 0.4) is 0 Å². The first kappa shape index (κ1) is 17.1. The number of ketones is 1. The van der Waals surface area contributed by atoms with E-state index in [1.165, 1.54) is 0 Å². The molecule has 0 fully saturated rings. The van der Waals surface area contributed by atoms with Crippen LogP contribution in [0.4, 0.5) is 5.82 Å². The first-order valence-corrected chi connectivity index (χ1v) is 7.39. The molecule has 0 N–H and O–H groups in total. The predicted octanol–water partition coefficient (Wildman–Crippen LogP) is 3.01. The first-order valence-electron chi connectivity index (χ1n) is 7.39. The monoisotopic (exact) mass is 314 g/mol. The van der Waals surface area contributed by atoms with Gasteiger partial charge in [-0.25, -0.2) is 4.98 Å². The van der Waals surface area contributed by atoms with Crippen LogP contribution in [0.2, 0.25) is 0 Å². The van der Waals surface area contributed by atoms with Crippen molar-refractivity contribution in [3.63, 3.8) is 0 Å². The Morgan fingerprint density at radius 2 is 1.70 bits per heavy atom. The van der Waals surface area contributed by atoms with Gasteiger partial charge in [0.1, 0.15) is 5.82 Å². The molecule has 0 saturated heterocycles. The second-order valence-electron chi connectivity index (χ2n) is 5.32. The maximum absolute atomic E-state index is 11.3. The molecule has 0 aliphatic rings. The van der Waals surface area contributed by atoms with Gasteiger partial charge in [-0.15, -0.1) is 0 Å². The molecule has 122 valence electrons. The SMILES string of the molecule is COC(CN(C)c1ccc(-c2ccc(C(C)=O)cc2)cn1)OC. The highest BCUT2D eigenvalue weighted by Gasteiger charge is 2.11. The summed E-state index contributed by atoms with van der Waals surface area (Å²) >= 11 is 0. The van der Waals surface area contributed by atoms with Gasteiger partial charge in [0.2, 0.25) is 0 Å². The van der Waals surface area contributed by atoms with Crippen LogP contribution in [0.15, 0.2) is 42.6 Å². The van der Waals surface area contributed by atoms with Crippen molar-refractivity contribution >= 4 is 11.6 Å². The standard InChI is InChI=1S/C18H22N2O3/c1-13(21)14-5-7-15(8-6-14)16-9-10-17(19-11-16)20(2)12-18(22-3)23-4/h5-11,18H,12H2,1-4H3. The molecule has 0 atom stereocenters. The second kappa shape index (κ2) is 7.85. The highest BCUT2D eigenvalue weighted by Crippen LogP contribution is 2.21. The van der Waals surface area contributed by atoms with Crippen molar-refractivity contribution in [3.05, 3.63) is 48.2 Å². The summed E-state index contributed by atoms with van der Waals surface area (Å²) in [5, 5.41) is 0. The Kier molecular flexibility index (Phi) is 5.84. The fourth-order valence-corrected chi connectivity index (χ4v) is 2.24. The summed E-state index contributed by atoms with van der Waals surface area (Å²) in [5.41, 5.74) is 2.75. The third kappa shape index (κ3) is 4.37. The van der Waals surface area contributed by atoms with E-state index in [0.717, 1.165) is 16.9 Å². The van der Waals surface area contributed by atoms with Crippen molar-refractivity contribution in [3.8, 4) is 11.1 Å². The zero-order valence-electron chi connectivity index (χ0n) is 13.9. The normalized spacial score (nSPS) is 10.8. The number of pyridine rings is 1. The number of benzene rings is 1. The van der Waals surface area contributed by atoms with E-state index in [4.69, 9.17) is 9.47 Å². The number of rotatable bonds is 7. The molecule has 0 spiro atoms. The summed E-state index contributed by atoms with van der Waals surface area (Å²) in [6.07, 6.45) is 1.53. The van der Waals surface area contributed by atoms with Crippen molar-refractivity contribution in [2.75, 3.05) is 32.7 Å². The number of methoxy groups -OCH3 is 2. The fraction of sp³-hybridized carbons (Fsp3) is 0.333. The summed E-state index contributed by atoms with van der Waals surface area (Å²) in [6.45, 7) is 2.15. The van der Waals surface area contributed by atoms with Gasteiger partial charge in [-0.1, -0.05) is 24.3 Å². The van der Waals surface area contributed by atoms with Crippen LogP contribution in [0.5, 0.6) is 0 Å². The van der Waals surface area contributed by atoms with Crippen LogP contribution in [0.1, 0.15) is 17.3 Å². The minimum atomic E-state index is -0.291. The van der Waals surface area contributed by atoms with E-state index in [1.807, 2.05) is 54.5 Å². The lowest BCUT2D eigenvalue weighted by Gasteiger charge is -2.23. The molecular weight excluding hydrogens is 292 g/mol. The van der Waals surface area contributed by atoms with Crippen LogP contribution in [0.25, 0.3) is 11.1 Å². The molecule has 1 aromatic carbocycles. The number of hydrogen-bond donors (Lipinski definition) is 0. The molecule has 0 unspecified atom stereocenters. The Bertz CT molecular complexity index is 634. The van der Waals surface area contributed by atoms with Gasteiger partial charge in [0, 0.05) is 38.6 Å². The lowest BCUT2D eigenvalue weighted by atomic mass is 10.0. The minimum Gasteiger partial charge on any atom is -0.355 e. The van der Waals surface area contributed by atoms with Gasteiger partial charge in [-0.3, -0.25) is 4.79 Å². The summed E-state index contributed by atoms with van der Waals surface area (Å²) in [4.78, 5) is 17.8. The maximum Gasteiger partial charge on any atom is 0.174 e. The third-order valence-corrected chi connectivity index (χ3v) is 3.71. The summed E-state index contributed by atoms with van der Waals surface area (Å²) in [6, 6.07) is 11.5. The second-order valence-corrected chi connectivity index (χ2v) is 5.32. The number of Topliss-reactive ketones (excluding diaryl/α,β-unsaturated/α-hetero) is 1. The number of ether oxygens (including phenoxy) is 2. The van der Waals surface area contributed by atoms with Gasteiger partial charge in [0.25, 0.3) is 0 Å². The molecule has 5 nitrogen and oxygen atoms in total. The molecule has 5 heteroatoms. The van der Waals surface area contributed by atoms with E-state index < -0.39 is 0 Å². The van der Waals surface area contributed by atoms with Crippen LogP contribution < -0.4 is 4.90 Å². The van der Waals surface area contributed by atoms with Crippen LogP contribution in [-0.2, 0) is 9.47 Å². The van der Waals surface area contributed by atoms with Gasteiger partial charge in [0.05, 0.1) is 6.54 Å². The zero-order chi connectivity index (χ0) is 16.8. The van der Waals surface area contributed by atoms with Gasteiger partial charge < -0.3 is 14.4 Å². The van der Waals surface area contributed by atoms with Crippen LogP contribution in [0, 0.1) is 0 Å². The number of aromatic nitrogens is 1. The Hall–Kier alpha value is -2.24. The molecule has 2 aromatic rings. The van der Waals surface area contributed by atoms with E-state index in [2.05, 4.69) is 4.98 Å².